The first-order chi connectivity index (χ1) is 4.31. The predicted molar refractivity (Wildman–Crippen MR) is 39.5 cm³/mol. The van der Waals surface area contributed by atoms with E-state index < -0.39 is 5.97 Å². The Labute approximate surface area is 66.0 Å². The van der Waals surface area contributed by atoms with E-state index >= 15 is 0 Å². The van der Waals surface area contributed by atoms with Crippen molar-refractivity contribution in [2.75, 3.05) is 11.0 Å². The van der Waals surface area contributed by atoms with E-state index in [2.05, 4.69) is 32.1 Å². The van der Waals surface area contributed by atoms with Gasteiger partial charge in [-0.05, 0) is 0 Å². The minimum atomic E-state index is -0.617. The van der Waals surface area contributed by atoms with Crippen molar-refractivity contribution < 1.29 is 14.3 Å². The average molecular weight is 240 g/mol. The number of rotatable bonds is 3. The maximum atomic E-state index is 10.3. The van der Waals surface area contributed by atoms with Crippen LogP contribution in [0.1, 0.15) is 0 Å². The first-order valence-corrected chi connectivity index (χ1v) is 3.74. The van der Waals surface area contributed by atoms with Crippen LogP contribution in [-0.4, -0.2) is 28.0 Å². The number of esters is 1. The lowest BCUT2D eigenvalue weighted by Crippen LogP contribution is -2.07. The molecule has 4 nitrogen and oxygen atoms in total. The molecule has 0 N–H and O–H groups in total. The molecular formula is C4H5IN2O2. The summed E-state index contributed by atoms with van der Waals surface area (Å²) in [5.74, 6) is -0.617. The average Bonchev–Trinajstić information content (AvgIpc) is 1.85. The van der Waals surface area contributed by atoms with Crippen LogP contribution in [0, 0.1) is 0 Å². The number of halogens is 1. The number of carbonyl (C=O) groups is 1. The second-order valence-corrected chi connectivity index (χ2v) is 2.18. The van der Waals surface area contributed by atoms with Crippen molar-refractivity contribution in [2.45, 2.75) is 0 Å². The van der Waals surface area contributed by atoms with Crippen LogP contribution in [0.2, 0.25) is 0 Å². The highest BCUT2D eigenvalue weighted by atomic mass is 127. The maximum Gasteiger partial charge on any atom is 0.413 e. The zero-order chi connectivity index (χ0) is 7.11. The van der Waals surface area contributed by atoms with Crippen molar-refractivity contribution in [3.8, 4) is 0 Å². The lowest BCUT2D eigenvalue weighted by molar-refractivity contribution is -0.138. The minimum Gasteiger partial charge on any atom is -0.457 e. The minimum absolute atomic E-state index is 0.353. The van der Waals surface area contributed by atoms with Crippen LogP contribution in [0.4, 0.5) is 0 Å². The molecule has 0 fully saturated rings. The topological polar surface area (TPSA) is 62.7 Å². The molecule has 5 heteroatoms. The Balaban J connectivity index is 3.39. The third kappa shape index (κ3) is 5.45. The van der Waals surface area contributed by atoms with Gasteiger partial charge in [-0.3, -0.25) is 0 Å². The highest BCUT2D eigenvalue weighted by Gasteiger charge is 1.99. The SMILES string of the molecule is [N-]=[N+]=CC(=O)OCCI. The first-order valence-electron chi connectivity index (χ1n) is 2.21. The van der Waals surface area contributed by atoms with Crippen LogP contribution in [0.5, 0.6) is 0 Å². The standard InChI is InChI=1S/C4H5IN2O2/c5-1-2-9-4(8)3-7-6/h3H,1-2H2. The molecule has 50 valence electrons. The molecule has 0 unspecified atom stereocenters. The van der Waals surface area contributed by atoms with Gasteiger partial charge in [-0.1, -0.05) is 22.6 Å². The molecule has 0 aliphatic heterocycles. The van der Waals surface area contributed by atoms with Crippen molar-refractivity contribution >= 4 is 34.8 Å². The van der Waals surface area contributed by atoms with Gasteiger partial charge in [0.05, 0.1) is 0 Å². The molecule has 0 aromatic rings. The van der Waals surface area contributed by atoms with Gasteiger partial charge in [0.1, 0.15) is 6.61 Å². The number of hydrogen-bond acceptors (Lipinski definition) is 2. The van der Waals surface area contributed by atoms with E-state index in [1.165, 1.54) is 0 Å². The molecule has 0 amide bonds. The molecular weight excluding hydrogens is 235 g/mol. The summed E-state index contributed by atoms with van der Waals surface area (Å²) in [6.45, 7) is 0.353. The van der Waals surface area contributed by atoms with E-state index in [9.17, 15) is 4.79 Å². The number of nitrogens with zero attached hydrogens (tertiary/aromatic N) is 2. The predicted octanol–water partition coefficient (Wildman–Crippen LogP) is 0.265. The molecule has 0 saturated heterocycles. The smallest absolute Gasteiger partial charge is 0.413 e. The van der Waals surface area contributed by atoms with Gasteiger partial charge < -0.3 is 10.3 Å². The zero-order valence-corrected chi connectivity index (χ0v) is 6.74. The highest BCUT2D eigenvalue weighted by Crippen LogP contribution is 1.81. The summed E-state index contributed by atoms with van der Waals surface area (Å²) in [5, 5.41) is 0. The van der Waals surface area contributed by atoms with Gasteiger partial charge in [-0.15, -0.1) is 0 Å². The number of hydrogen-bond donors (Lipinski definition) is 0. The molecule has 0 saturated carbocycles. The van der Waals surface area contributed by atoms with Crippen molar-refractivity contribution in [2.24, 2.45) is 0 Å². The normalized spacial score (nSPS) is 7.67. The fraction of sp³-hybridized carbons (Fsp3) is 0.500. The third-order valence-electron chi connectivity index (χ3n) is 0.485. The summed E-state index contributed by atoms with van der Waals surface area (Å²) in [5.41, 5.74) is 7.80. The van der Waals surface area contributed by atoms with Crippen molar-refractivity contribution in [3.63, 3.8) is 0 Å². The zero-order valence-electron chi connectivity index (χ0n) is 4.58. The van der Waals surface area contributed by atoms with Gasteiger partial charge in [-0.25, -0.2) is 4.79 Å². The Kier molecular flexibility index (Phi) is 5.45. The molecule has 0 atom stereocenters. The summed E-state index contributed by atoms with van der Waals surface area (Å²) >= 11 is 2.06. The van der Waals surface area contributed by atoms with E-state index in [1.54, 1.807) is 0 Å². The fourth-order valence-electron chi connectivity index (χ4n) is 0.224. The van der Waals surface area contributed by atoms with Crippen LogP contribution < -0.4 is 0 Å². The maximum absolute atomic E-state index is 10.3. The van der Waals surface area contributed by atoms with Crippen LogP contribution in [0.15, 0.2) is 0 Å². The van der Waals surface area contributed by atoms with Gasteiger partial charge in [0.2, 0.25) is 0 Å². The third-order valence-corrected chi connectivity index (χ3v) is 0.925. The molecule has 0 aromatic heterocycles. The summed E-state index contributed by atoms with van der Waals surface area (Å²) < 4.78 is 5.21. The summed E-state index contributed by atoms with van der Waals surface area (Å²) in [6, 6.07) is 0. The number of carbonyl (C=O) groups excluding carboxylic acids is 1. The second kappa shape index (κ2) is 5.71. The van der Waals surface area contributed by atoms with E-state index in [-0.39, 0.29) is 0 Å². The van der Waals surface area contributed by atoms with E-state index in [1.807, 2.05) is 0 Å². The largest absolute Gasteiger partial charge is 0.457 e. The lowest BCUT2D eigenvalue weighted by atomic mass is 10.7. The van der Waals surface area contributed by atoms with Gasteiger partial charge in [0.25, 0.3) is 0 Å². The molecule has 0 radical (unpaired) electrons. The summed E-state index contributed by atoms with van der Waals surface area (Å²) in [4.78, 5) is 12.8. The molecule has 9 heavy (non-hydrogen) atoms. The van der Waals surface area contributed by atoms with Crippen LogP contribution in [0.3, 0.4) is 0 Å². The number of ether oxygens (including phenoxy) is 1. The summed E-state index contributed by atoms with van der Waals surface area (Å²) in [6.07, 6.45) is 0.715. The van der Waals surface area contributed by atoms with E-state index in [0.29, 0.717) is 12.8 Å². The molecule has 0 aromatic carbocycles. The van der Waals surface area contributed by atoms with Crippen molar-refractivity contribution in [1.82, 2.24) is 0 Å². The van der Waals surface area contributed by atoms with Gasteiger partial charge in [0.15, 0.2) is 0 Å². The highest BCUT2D eigenvalue weighted by molar-refractivity contribution is 14.1. The number of alkyl halides is 1. The van der Waals surface area contributed by atoms with Gasteiger partial charge in [0, 0.05) is 4.43 Å². The van der Waals surface area contributed by atoms with Crippen molar-refractivity contribution in [1.29, 1.82) is 0 Å². The molecule has 0 aliphatic carbocycles. The Morgan fingerprint density at radius 2 is 2.56 bits per heavy atom. The lowest BCUT2D eigenvalue weighted by Gasteiger charge is -1.90. The fourth-order valence-corrected chi connectivity index (χ4v) is 0.444. The second-order valence-electron chi connectivity index (χ2n) is 1.10. The van der Waals surface area contributed by atoms with Crippen molar-refractivity contribution in [3.05, 3.63) is 5.53 Å². The monoisotopic (exact) mass is 240 g/mol. The quantitative estimate of drug-likeness (QED) is 0.177. The van der Waals surface area contributed by atoms with Gasteiger partial charge >= 0.3 is 12.2 Å². The molecule has 0 heterocycles. The molecule has 0 aliphatic rings. The summed E-state index contributed by atoms with van der Waals surface area (Å²) in [7, 11) is 0. The molecule has 0 spiro atoms. The Morgan fingerprint density at radius 1 is 1.89 bits per heavy atom. The van der Waals surface area contributed by atoms with Crippen LogP contribution in [0.25, 0.3) is 5.53 Å². The first kappa shape index (κ1) is 8.58. The van der Waals surface area contributed by atoms with Gasteiger partial charge in [-0.2, -0.15) is 4.79 Å². The Hall–Kier alpha value is -0.420. The Bertz CT molecular complexity index is 142. The van der Waals surface area contributed by atoms with Crippen LogP contribution in [-0.2, 0) is 9.53 Å². The molecule has 0 rings (SSSR count). The molecule has 0 bridgehead atoms. The van der Waals surface area contributed by atoms with E-state index in [4.69, 9.17) is 5.53 Å². The Morgan fingerprint density at radius 3 is 3.00 bits per heavy atom. The van der Waals surface area contributed by atoms with Crippen LogP contribution >= 0.6 is 22.6 Å². The van der Waals surface area contributed by atoms with E-state index in [0.717, 1.165) is 4.43 Å².